The van der Waals surface area contributed by atoms with Crippen LogP contribution >= 0.6 is 24.0 Å². The van der Waals surface area contributed by atoms with Crippen LogP contribution in [0.25, 0.3) is 0 Å². The van der Waals surface area contributed by atoms with Crippen molar-refractivity contribution in [2.24, 2.45) is 22.1 Å². The Balaban J connectivity index is 0.00000144. The largest absolute Gasteiger partial charge is 0.370 e. The van der Waals surface area contributed by atoms with E-state index in [-0.39, 0.29) is 24.0 Å². The molecule has 2 aliphatic carbocycles. The van der Waals surface area contributed by atoms with Gasteiger partial charge in [0.15, 0.2) is 5.96 Å². The lowest BCUT2D eigenvalue weighted by Crippen LogP contribution is -2.38. The van der Waals surface area contributed by atoms with Gasteiger partial charge in [0.1, 0.15) is 0 Å². The quantitative estimate of drug-likeness (QED) is 0.455. The molecule has 0 aromatic carbocycles. The lowest BCUT2D eigenvalue weighted by molar-refractivity contribution is 0.111. The third-order valence-electron chi connectivity index (χ3n) is 3.77. The van der Waals surface area contributed by atoms with Gasteiger partial charge in [-0.05, 0) is 43.4 Å². The van der Waals surface area contributed by atoms with Gasteiger partial charge in [0.2, 0.25) is 0 Å². The van der Waals surface area contributed by atoms with Gasteiger partial charge in [0.25, 0.3) is 0 Å². The zero-order valence-corrected chi connectivity index (χ0v) is 13.4. The Kier molecular flexibility index (Phi) is 5.54. The predicted octanol–water partition coefficient (Wildman–Crippen LogP) is 2.89. The molecule has 3 nitrogen and oxygen atoms in total. The monoisotopic (exact) mass is 351 g/mol. The van der Waals surface area contributed by atoms with Gasteiger partial charge in [-0.3, -0.25) is 4.99 Å². The van der Waals surface area contributed by atoms with E-state index < -0.39 is 0 Å². The molecular formula is C13H26IN3. The molecule has 2 rings (SSSR count). The highest BCUT2D eigenvalue weighted by Gasteiger charge is 2.37. The summed E-state index contributed by atoms with van der Waals surface area (Å²) in [5, 5.41) is 3.26. The van der Waals surface area contributed by atoms with Crippen molar-refractivity contribution in [2.45, 2.75) is 58.4 Å². The molecule has 0 aromatic heterocycles. The van der Waals surface area contributed by atoms with Crippen LogP contribution in [-0.4, -0.2) is 18.5 Å². The highest BCUT2D eigenvalue weighted by Crippen LogP contribution is 2.46. The highest BCUT2D eigenvalue weighted by molar-refractivity contribution is 14.0. The fourth-order valence-corrected chi connectivity index (χ4v) is 2.70. The molecule has 0 radical (unpaired) electrons. The maximum Gasteiger partial charge on any atom is 0.188 e. The van der Waals surface area contributed by atoms with Crippen LogP contribution in [-0.2, 0) is 0 Å². The minimum atomic E-state index is 0. The van der Waals surface area contributed by atoms with Crippen molar-refractivity contribution in [1.29, 1.82) is 0 Å². The summed E-state index contributed by atoms with van der Waals surface area (Å²) in [5.41, 5.74) is 6.35. The summed E-state index contributed by atoms with van der Waals surface area (Å²) in [6.45, 7) is 5.53. The Morgan fingerprint density at radius 3 is 2.47 bits per heavy atom. The summed E-state index contributed by atoms with van der Waals surface area (Å²) in [6, 6.07) is 0.617. The van der Waals surface area contributed by atoms with Gasteiger partial charge in [-0.1, -0.05) is 20.3 Å². The van der Waals surface area contributed by atoms with E-state index in [1.165, 1.54) is 38.5 Å². The summed E-state index contributed by atoms with van der Waals surface area (Å²) in [5.74, 6) is 1.44. The first-order chi connectivity index (χ1) is 7.60. The minimum absolute atomic E-state index is 0. The molecule has 2 aliphatic rings. The maximum atomic E-state index is 5.87. The van der Waals surface area contributed by atoms with E-state index >= 15 is 0 Å². The predicted molar refractivity (Wildman–Crippen MR) is 83.8 cm³/mol. The number of halogens is 1. The number of hydrogen-bond donors (Lipinski definition) is 2. The normalized spacial score (nSPS) is 22.9. The first-order valence-electron chi connectivity index (χ1n) is 6.66. The average Bonchev–Trinajstić information content (AvgIpc) is 2.92. The van der Waals surface area contributed by atoms with Gasteiger partial charge in [-0.25, -0.2) is 0 Å². The summed E-state index contributed by atoms with van der Waals surface area (Å²) >= 11 is 0. The van der Waals surface area contributed by atoms with E-state index in [2.05, 4.69) is 24.2 Å². The zero-order chi connectivity index (χ0) is 11.6. The van der Waals surface area contributed by atoms with Crippen LogP contribution in [0.4, 0.5) is 0 Å². The number of guanidine groups is 1. The second-order valence-electron chi connectivity index (χ2n) is 6.07. The van der Waals surface area contributed by atoms with Crippen LogP contribution in [0, 0.1) is 11.3 Å². The second kappa shape index (κ2) is 6.25. The van der Waals surface area contributed by atoms with Crippen molar-refractivity contribution in [2.75, 3.05) is 6.54 Å². The van der Waals surface area contributed by atoms with Crippen molar-refractivity contribution in [3.05, 3.63) is 0 Å². The van der Waals surface area contributed by atoms with Crippen molar-refractivity contribution in [3.8, 4) is 0 Å². The molecule has 17 heavy (non-hydrogen) atoms. The standard InChI is InChI=1S/C13H25N3.HI/c1-10(2)8-13(6-3-7-13)9-15-12(14)16-11-4-5-11;/h10-11H,3-9H2,1-2H3,(H3,14,15,16);1H. The number of aliphatic imine (C=N–C) groups is 1. The minimum Gasteiger partial charge on any atom is -0.370 e. The highest BCUT2D eigenvalue weighted by atomic mass is 127. The summed E-state index contributed by atoms with van der Waals surface area (Å²) in [6.07, 6.45) is 7.86. The van der Waals surface area contributed by atoms with Crippen LogP contribution in [0.2, 0.25) is 0 Å². The van der Waals surface area contributed by atoms with E-state index in [9.17, 15) is 0 Å². The average molecular weight is 351 g/mol. The summed E-state index contributed by atoms with van der Waals surface area (Å²) in [4.78, 5) is 4.53. The van der Waals surface area contributed by atoms with Crippen molar-refractivity contribution < 1.29 is 0 Å². The molecule has 0 saturated heterocycles. The molecule has 0 heterocycles. The van der Waals surface area contributed by atoms with Gasteiger partial charge in [-0.15, -0.1) is 24.0 Å². The molecule has 0 aliphatic heterocycles. The zero-order valence-electron chi connectivity index (χ0n) is 11.0. The first-order valence-corrected chi connectivity index (χ1v) is 6.66. The van der Waals surface area contributed by atoms with Gasteiger partial charge < -0.3 is 11.1 Å². The Morgan fingerprint density at radius 1 is 1.41 bits per heavy atom. The number of nitrogens with two attached hydrogens (primary N) is 1. The van der Waals surface area contributed by atoms with E-state index in [4.69, 9.17) is 5.73 Å². The molecule has 0 amide bonds. The Morgan fingerprint density at radius 2 is 2.06 bits per heavy atom. The molecule has 3 N–H and O–H groups in total. The fourth-order valence-electron chi connectivity index (χ4n) is 2.70. The summed E-state index contributed by atoms with van der Waals surface area (Å²) in [7, 11) is 0. The SMILES string of the molecule is CC(C)CC1(CN=C(N)NC2CC2)CCC1.I. The first kappa shape index (κ1) is 15.1. The number of nitrogens with one attached hydrogen (secondary N) is 1. The lowest BCUT2D eigenvalue weighted by atomic mass is 9.64. The third-order valence-corrected chi connectivity index (χ3v) is 3.77. The van der Waals surface area contributed by atoms with Crippen molar-refractivity contribution in [3.63, 3.8) is 0 Å². The number of rotatable bonds is 5. The molecule has 0 bridgehead atoms. The van der Waals surface area contributed by atoms with Gasteiger partial charge in [0.05, 0.1) is 0 Å². The van der Waals surface area contributed by atoms with E-state index in [0.717, 1.165) is 12.5 Å². The molecule has 2 saturated carbocycles. The Hall–Kier alpha value is 0. The van der Waals surface area contributed by atoms with E-state index in [1.807, 2.05) is 0 Å². The van der Waals surface area contributed by atoms with Crippen LogP contribution in [0.15, 0.2) is 4.99 Å². The van der Waals surface area contributed by atoms with Crippen LogP contribution in [0.1, 0.15) is 52.4 Å². The topological polar surface area (TPSA) is 50.4 Å². The molecule has 100 valence electrons. The molecule has 0 atom stereocenters. The molecule has 4 heteroatoms. The third kappa shape index (κ3) is 4.64. The van der Waals surface area contributed by atoms with E-state index in [0.29, 0.717) is 17.4 Å². The van der Waals surface area contributed by atoms with Crippen LogP contribution in [0.3, 0.4) is 0 Å². The van der Waals surface area contributed by atoms with Gasteiger partial charge in [0, 0.05) is 12.6 Å². The fraction of sp³-hybridized carbons (Fsp3) is 0.923. The van der Waals surface area contributed by atoms with Crippen LogP contribution in [0.5, 0.6) is 0 Å². The number of hydrogen-bond acceptors (Lipinski definition) is 1. The Labute approximate surface area is 122 Å². The Bertz CT molecular complexity index is 268. The smallest absolute Gasteiger partial charge is 0.188 e. The number of nitrogens with zero attached hydrogens (tertiary/aromatic N) is 1. The molecule has 2 fully saturated rings. The second-order valence-corrected chi connectivity index (χ2v) is 6.07. The summed E-state index contributed by atoms with van der Waals surface area (Å²) < 4.78 is 0. The van der Waals surface area contributed by atoms with Gasteiger partial charge in [-0.2, -0.15) is 0 Å². The van der Waals surface area contributed by atoms with Gasteiger partial charge >= 0.3 is 0 Å². The van der Waals surface area contributed by atoms with E-state index in [1.54, 1.807) is 0 Å². The molecule has 0 spiro atoms. The van der Waals surface area contributed by atoms with Crippen molar-refractivity contribution >= 4 is 29.9 Å². The molecule has 0 aromatic rings. The van der Waals surface area contributed by atoms with Crippen molar-refractivity contribution in [1.82, 2.24) is 5.32 Å². The molecular weight excluding hydrogens is 325 g/mol. The lowest BCUT2D eigenvalue weighted by Gasteiger charge is -2.42. The molecule has 0 unspecified atom stereocenters. The van der Waals surface area contributed by atoms with Crippen LogP contribution < -0.4 is 11.1 Å². The maximum absolute atomic E-state index is 5.87.